The number of nitrogens with one attached hydrogen (secondary N) is 1. The van der Waals surface area contributed by atoms with Crippen molar-refractivity contribution in [2.75, 3.05) is 0 Å². The monoisotopic (exact) mass is 141 g/mol. The van der Waals surface area contributed by atoms with Gasteiger partial charge in [0.2, 0.25) is 5.91 Å². The summed E-state index contributed by atoms with van der Waals surface area (Å²) in [4.78, 5) is 11.0. The third-order valence-corrected chi connectivity index (χ3v) is 2.82. The highest BCUT2D eigenvalue weighted by molar-refractivity contribution is 5.86. The van der Waals surface area contributed by atoms with Crippen LogP contribution in [0.1, 0.15) is 13.8 Å². The molecule has 1 saturated carbocycles. The van der Waals surface area contributed by atoms with Gasteiger partial charge in [-0.25, -0.2) is 0 Å². The van der Waals surface area contributed by atoms with Gasteiger partial charge < -0.3 is 10.4 Å². The van der Waals surface area contributed by atoms with Gasteiger partial charge in [0, 0.05) is 5.92 Å². The molecule has 1 saturated heterocycles. The van der Waals surface area contributed by atoms with E-state index < -0.39 is 6.23 Å². The first kappa shape index (κ1) is 6.16. The number of rotatable bonds is 0. The average molecular weight is 141 g/mol. The van der Waals surface area contributed by atoms with Gasteiger partial charge in [0.1, 0.15) is 6.23 Å². The van der Waals surface area contributed by atoms with Crippen LogP contribution >= 0.6 is 0 Å². The minimum absolute atomic E-state index is 0.0162. The second-order valence-electron chi connectivity index (χ2n) is 3.78. The zero-order valence-corrected chi connectivity index (χ0v) is 6.09. The molecule has 0 aromatic carbocycles. The summed E-state index contributed by atoms with van der Waals surface area (Å²) in [5, 5.41) is 11.7. The third-order valence-electron chi connectivity index (χ3n) is 2.82. The van der Waals surface area contributed by atoms with Crippen LogP contribution in [0.5, 0.6) is 0 Å². The number of amides is 1. The van der Waals surface area contributed by atoms with Crippen LogP contribution in [0.2, 0.25) is 0 Å². The number of aliphatic hydroxyl groups is 1. The van der Waals surface area contributed by atoms with Crippen molar-refractivity contribution < 1.29 is 9.90 Å². The second kappa shape index (κ2) is 1.37. The van der Waals surface area contributed by atoms with E-state index in [1.165, 1.54) is 0 Å². The molecule has 0 aromatic heterocycles. The van der Waals surface area contributed by atoms with E-state index >= 15 is 0 Å². The first-order valence-electron chi connectivity index (χ1n) is 3.53. The normalized spacial score (nSPS) is 48.3. The Labute approximate surface area is 59.4 Å². The molecule has 0 spiro atoms. The topological polar surface area (TPSA) is 49.3 Å². The Bertz CT molecular complexity index is 200. The molecule has 0 radical (unpaired) electrons. The van der Waals surface area contributed by atoms with E-state index in [9.17, 15) is 9.90 Å². The highest BCUT2D eigenvalue weighted by atomic mass is 16.3. The molecule has 1 amide bonds. The Hall–Kier alpha value is -0.570. The fourth-order valence-electron chi connectivity index (χ4n) is 2.09. The highest BCUT2D eigenvalue weighted by Crippen LogP contribution is 2.62. The summed E-state index contributed by atoms with van der Waals surface area (Å²) < 4.78 is 0. The van der Waals surface area contributed by atoms with E-state index in [0.29, 0.717) is 0 Å². The molecule has 1 aliphatic carbocycles. The lowest BCUT2D eigenvalue weighted by Crippen LogP contribution is -2.33. The maximum Gasteiger partial charge on any atom is 0.226 e. The summed E-state index contributed by atoms with van der Waals surface area (Å²) >= 11 is 0. The van der Waals surface area contributed by atoms with Crippen molar-refractivity contribution in [3.63, 3.8) is 0 Å². The fraction of sp³-hybridized carbons (Fsp3) is 0.857. The molecule has 1 heterocycles. The summed E-state index contributed by atoms with van der Waals surface area (Å²) in [6, 6.07) is 0. The van der Waals surface area contributed by atoms with Crippen molar-refractivity contribution in [2.45, 2.75) is 20.1 Å². The summed E-state index contributed by atoms with van der Waals surface area (Å²) in [5.74, 6) is 0.255. The zero-order chi connectivity index (χ0) is 7.52. The van der Waals surface area contributed by atoms with Crippen LogP contribution in [0, 0.1) is 17.3 Å². The molecule has 2 rings (SSSR count). The minimum atomic E-state index is -0.590. The largest absolute Gasteiger partial charge is 0.373 e. The van der Waals surface area contributed by atoms with Crippen LogP contribution in [-0.2, 0) is 4.79 Å². The molecule has 0 aromatic rings. The van der Waals surface area contributed by atoms with Crippen molar-refractivity contribution in [1.29, 1.82) is 0 Å². The molecule has 10 heavy (non-hydrogen) atoms. The summed E-state index contributed by atoms with van der Waals surface area (Å²) in [6.45, 7) is 4.04. The number of carbonyl (C=O) groups is 1. The van der Waals surface area contributed by atoms with Gasteiger partial charge in [-0.1, -0.05) is 13.8 Å². The Kier molecular flexibility index (Phi) is 0.844. The first-order valence-corrected chi connectivity index (χ1v) is 3.53. The first-order chi connectivity index (χ1) is 4.55. The Morgan fingerprint density at radius 2 is 2.20 bits per heavy atom. The number of carbonyl (C=O) groups excluding carboxylic acids is 1. The van der Waals surface area contributed by atoms with Crippen LogP contribution < -0.4 is 5.32 Å². The predicted octanol–water partition coefficient (Wildman–Crippen LogP) is -0.293. The van der Waals surface area contributed by atoms with Crippen LogP contribution in [-0.4, -0.2) is 17.2 Å². The summed E-state index contributed by atoms with van der Waals surface area (Å²) in [6.07, 6.45) is -0.590. The van der Waals surface area contributed by atoms with Gasteiger partial charge in [-0.05, 0) is 5.41 Å². The van der Waals surface area contributed by atoms with Crippen molar-refractivity contribution in [3.05, 3.63) is 0 Å². The van der Waals surface area contributed by atoms with E-state index in [4.69, 9.17) is 0 Å². The maximum absolute atomic E-state index is 11.0. The fourth-order valence-corrected chi connectivity index (χ4v) is 2.09. The molecule has 3 atom stereocenters. The SMILES string of the molecule is CC1(C)[C@@H]2C(O)NC(=O)[C@@H]21. The summed E-state index contributed by atoms with van der Waals surface area (Å²) in [7, 11) is 0. The van der Waals surface area contributed by atoms with Crippen molar-refractivity contribution in [2.24, 2.45) is 17.3 Å². The quantitative estimate of drug-likeness (QED) is 0.487. The Balaban J connectivity index is 2.25. The smallest absolute Gasteiger partial charge is 0.226 e. The molecule has 3 nitrogen and oxygen atoms in total. The lowest BCUT2D eigenvalue weighted by Gasteiger charge is -2.12. The average Bonchev–Trinajstić information content (AvgIpc) is 2.17. The number of aliphatic hydroxyl groups excluding tert-OH is 1. The minimum Gasteiger partial charge on any atom is -0.373 e. The molecular weight excluding hydrogens is 130 g/mol. The van der Waals surface area contributed by atoms with Gasteiger partial charge >= 0.3 is 0 Å². The number of piperidine rings is 1. The van der Waals surface area contributed by atoms with Gasteiger partial charge in [-0.3, -0.25) is 4.79 Å². The molecule has 2 N–H and O–H groups in total. The third kappa shape index (κ3) is 0.475. The van der Waals surface area contributed by atoms with Crippen molar-refractivity contribution in [1.82, 2.24) is 5.32 Å². The van der Waals surface area contributed by atoms with Gasteiger partial charge in [0.25, 0.3) is 0 Å². The molecule has 56 valence electrons. The Morgan fingerprint density at radius 1 is 1.60 bits per heavy atom. The van der Waals surface area contributed by atoms with Crippen LogP contribution in [0.3, 0.4) is 0 Å². The highest BCUT2D eigenvalue weighted by Gasteiger charge is 2.69. The zero-order valence-electron chi connectivity index (χ0n) is 6.09. The van der Waals surface area contributed by atoms with Crippen molar-refractivity contribution >= 4 is 5.91 Å². The van der Waals surface area contributed by atoms with Gasteiger partial charge in [-0.15, -0.1) is 0 Å². The van der Waals surface area contributed by atoms with Crippen LogP contribution in [0.15, 0.2) is 0 Å². The van der Waals surface area contributed by atoms with E-state index in [1.54, 1.807) is 0 Å². The van der Waals surface area contributed by atoms with E-state index in [1.807, 2.05) is 13.8 Å². The van der Waals surface area contributed by atoms with E-state index in [-0.39, 0.29) is 23.2 Å². The lowest BCUT2D eigenvalue weighted by atomic mass is 10.1. The molecule has 2 fully saturated rings. The van der Waals surface area contributed by atoms with Crippen molar-refractivity contribution in [3.8, 4) is 0 Å². The molecule has 2 aliphatic rings. The number of hydrogen-bond acceptors (Lipinski definition) is 2. The summed E-state index contributed by atoms with van der Waals surface area (Å²) in [5.41, 5.74) is 0.0434. The van der Waals surface area contributed by atoms with Gasteiger partial charge in [-0.2, -0.15) is 0 Å². The lowest BCUT2D eigenvalue weighted by molar-refractivity contribution is -0.123. The van der Waals surface area contributed by atoms with Crippen LogP contribution in [0.4, 0.5) is 0 Å². The van der Waals surface area contributed by atoms with E-state index in [0.717, 1.165) is 0 Å². The standard InChI is InChI=1S/C7H11NO2/c1-7(2)3-4(7)6(10)8-5(3)9/h3-5,9H,1-2H3,(H,8,10)/t3-,4+,5?/m0/s1. The predicted molar refractivity (Wildman–Crippen MR) is 34.9 cm³/mol. The molecule has 1 unspecified atom stereocenters. The van der Waals surface area contributed by atoms with Gasteiger partial charge in [0.05, 0.1) is 5.92 Å². The maximum atomic E-state index is 11.0. The van der Waals surface area contributed by atoms with E-state index in [2.05, 4.69) is 5.32 Å². The molecule has 3 heteroatoms. The molecule has 1 aliphatic heterocycles. The number of hydrogen-bond donors (Lipinski definition) is 2. The second-order valence-corrected chi connectivity index (χ2v) is 3.78. The number of fused-ring (bicyclic) bond motifs is 1. The molecular formula is C7H11NO2. The Morgan fingerprint density at radius 3 is 2.40 bits per heavy atom. The van der Waals surface area contributed by atoms with Crippen LogP contribution in [0.25, 0.3) is 0 Å². The molecule has 0 bridgehead atoms. The van der Waals surface area contributed by atoms with Gasteiger partial charge in [0.15, 0.2) is 0 Å².